The van der Waals surface area contributed by atoms with Crippen molar-refractivity contribution in [2.24, 2.45) is 0 Å². The third kappa shape index (κ3) is 3.71. The second-order valence-electron chi connectivity index (χ2n) is 5.64. The summed E-state index contributed by atoms with van der Waals surface area (Å²) in [6.45, 7) is 1.29. The van der Waals surface area contributed by atoms with Crippen molar-refractivity contribution in [2.75, 3.05) is 25.2 Å². The normalized spacial score (nSPS) is 17.1. The Morgan fingerprint density at radius 3 is 2.83 bits per heavy atom. The van der Waals surface area contributed by atoms with Crippen LogP contribution in [0.3, 0.4) is 0 Å². The molecule has 1 N–H and O–H groups in total. The first kappa shape index (κ1) is 16.8. The summed E-state index contributed by atoms with van der Waals surface area (Å²) in [6.07, 6.45) is 3.52. The Kier molecular flexibility index (Phi) is 5.37. The van der Waals surface area contributed by atoms with E-state index < -0.39 is 0 Å². The maximum absolute atomic E-state index is 9.54. The van der Waals surface area contributed by atoms with Crippen LogP contribution >= 0.6 is 11.6 Å². The van der Waals surface area contributed by atoms with Crippen molar-refractivity contribution in [3.05, 3.63) is 41.3 Å². The second kappa shape index (κ2) is 7.68. The molecule has 0 spiro atoms. The van der Waals surface area contributed by atoms with Crippen LogP contribution in [0.5, 0.6) is 11.5 Å². The van der Waals surface area contributed by atoms with E-state index in [2.05, 4.69) is 9.97 Å². The Balaban J connectivity index is 1.77. The molecular weight excluding hydrogens is 330 g/mol. The number of rotatable bonds is 6. The Hall–Kier alpha value is -2.05. The van der Waals surface area contributed by atoms with E-state index in [0.717, 1.165) is 30.7 Å². The second-order valence-corrected chi connectivity index (χ2v) is 5.97. The van der Waals surface area contributed by atoms with Gasteiger partial charge in [0, 0.05) is 6.54 Å². The van der Waals surface area contributed by atoms with Gasteiger partial charge < -0.3 is 19.5 Å². The van der Waals surface area contributed by atoms with Gasteiger partial charge in [-0.3, -0.25) is 0 Å². The lowest BCUT2D eigenvalue weighted by molar-refractivity contribution is 0.263. The van der Waals surface area contributed by atoms with Gasteiger partial charge in [0.2, 0.25) is 5.28 Å². The standard InChI is InChI=1S/C17H20ClN3O3/c1-23-14-6-4-12(5-7-14)11-24-15-9-19-17(18)20-16(15)21-8-2-3-13(21)10-22/h4-7,9,13,22H,2-3,8,10-11H2,1H3. The average molecular weight is 350 g/mol. The van der Waals surface area contributed by atoms with Gasteiger partial charge in [-0.1, -0.05) is 12.1 Å². The minimum atomic E-state index is 0.0410. The van der Waals surface area contributed by atoms with Gasteiger partial charge in [-0.2, -0.15) is 4.98 Å². The van der Waals surface area contributed by atoms with Crippen LogP contribution in [0, 0.1) is 0 Å². The van der Waals surface area contributed by atoms with E-state index in [1.165, 1.54) is 0 Å². The lowest BCUT2D eigenvalue weighted by Gasteiger charge is -2.25. The Bertz CT molecular complexity index is 681. The molecule has 0 aliphatic carbocycles. The number of methoxy groups -OCH3 is 1. The molecule has 24 heavy (non-hydrogen) atoms. The zero-order chi connectivity index (χ0) is 16.9. The summed E-state index contributed by atoms with van der Waals surface area (Å²) in [4.78, 5) is 10.4. The monoisotopic (exact) mass is 349 g/mol. The van der Waals surface area contributed by atoms with E-state index in [-0.39, 0.29) is 17.9 Å². The lowest BCUT2D eigenvalue weighted by atomic mass is 10.2. The van der Waals surface area contributed by atoms with Gasteiger partial charge in [0.05, 0.1) is 26.0 Å². The average Bonchev–Trinajstić information content (AvgIpc) is 3.09. The van der Waals surface area contributed by atoms with Crippen molar-refractivity contribution in [3.8, 4) is 11.5 Å². The highest BCUT2D eigenvalue weighted by atomic mass is 35.5. The molecule has 6 nitrogen and oxygen atoms in total. The third-order valence-electron chi connectivity index (χ3n) is 4.12. The predicted octanol–water partition coefficient (Wildman–Crippen LogP) is 2.68. The van der Waals surface area contributed by atoms with Crippen LogP contribution in [0.15, 0.2) is 30.5 Å². The fraction of sp³-hybridized carbons (Fsp3) is 0.412. The van der Waals surface area contributed by atoms with E-state index in [0.29, 0.717) is 18.2 Å². The molecule has 1 fully saturated rings. The lowest BCUT2D eigenvalue weighted by Crippen LogP contribution is -2.33. The summed E-state index contributed by atoms with van der Waals surface area (Å²) in [5.41, 5.74) is 1.01. The van der Waals surface area contributed by atoms with E-state index in [9.17, 15) is 5.11 Å². The summed E-state index contributed by atoms with van der Waals surface area (Å²) in [7, 11) is 1.64. The van der Waals surface area contributed by atoms with Crippen molar-refractivity contribution < 1.29 is 14.6 Å². The van der Waals surface area contributed by atoms with Gasteiger partial charge >= 0.3 is 0 Å². The van der Waals surface area contributed by atoms with Crippen molar-refractivity contribution in [3.63, 3.8) is 0 Å². The molecule has 1 unspecified atom stereocenters. The highest BCUT2D eigenvalue weighted by molar-refractivity contribution is 6.28. The number of hydrogen-bond donors (Lipinski definition) is 1. The number of benzene rings is 1. The van der Waals surface area contributed by atoms with Gasteiger partial charge in [0.1, 0.15) is 12.4 Å². The third-order valence-corrected chi connectivity index (χ3v) is 4.30. The number of ether oxygens (including phenoxy) is 2. The highest BCUT2D eigenvalue weighted by Gasteiger charge is 2.28. The topological polar surface area (TPSA) is 67.7 Å². The Labute approximate surface area is 146 Å². The molecular formula is C17H20ClN3O3. The van der Waals surface area contributed by atoms with Crippen LogP contribution < -0.4 is 14.4 Å². The van der Waals surface area contributed by atoms with Crippen LogP contribution in [-0.2, 0) is 6.61 Å². The van der Waals surface area contributed by atoms with E-state index in [4.69, 9.17) is 21.1 Å². The summed E-state index contributed by atoms with van der Waals surface area (Å²) in [5.74, 6) is 2.01. The van der Waals surface area contributed by atoms with Crippen molar-refractivity contribution in [1.29, 1.82) is 0 Å². The number of aliphatic hydroxyl groups excluding tert-OH is 1. The van der Waals surface area contributed by atoms with Gasteiger partial charge in [0.15, 0.2) is 11.6 Å². The molecule has 1 aliphatic heterocycles. The molecule has 0 radical (unpaired) electrons. The molecule has 1 aromatic carbocycles. The fourth-order valence-electron chi connectivity index (χ4n) is 2.84. The molecule has 1 atom stereocenters. The maximum atomic E-state index is 9.54. The Morgan fingerprint density at radius 2 is 2.12 bits per heavy atom. The molecule has 128 valence electrons. The van der Waals surface area contributed by atoms with Gasteiger partial charge in [-0.15, -0.1) is 0 Å². The van der Waals surface area contributed by atoms with Gasteiger partial charge in [-0.05, 0) is 42.1 Å². The number of aromatic nitrogens is 2. The molecule has 1 aromatic heterocycles. The minimum Gasteiger partial charge on any atom is -0.497 e. The van der Waals surface area contributed by atoms with Crippen LogP contribution in [0.4, 0.5) is 5.82 Å². The number of halogens is 1. The smallest absolute Gasteiger partial charge is 0.224 e. The Morgan fingerprint density at radius 1 is 1.33 bits per heavy atom. The van der Waals surface area contributed by atoms with E-state index in [1.807, 2.05) is 29.2 Å². The fourth-order valence-corrected chi connectivity index (χ4v) is 2.96. The molecule has 0 bridgehead atoms. The van der Waals surface area contributed by atoms with Crippen molar-refractivity contribution in [1.82, 2.24) is 9.97 Å². The van der Waals surface area contributed by atoms with Crippen LogP contribution in [-0.4, -0.2) is 41.4 Å². The SMILES string of the molecule is COc1ccc(COc2cnc(Cl)nc2N2CCCC2CO)cc1. The molecule has 1 aliphatic rings. The van der Waals surface area contributed by atoms with Crippen LogP contribution in [0.1, 0.15) is 18.4 Å². The summed E-state index contributed by atoms with van der Waals surface area (Å²) in [5, 5.41) is 9.72. The number of hydrogen-bond acceptors (Lipinski definition) is 6. The number of nitrogens with zero attached hydrogens (tertiary/aromatic N) is 3. The molecule has 7 heteroatoms. The van der Waals surface area contributed by atoms with E-state index >= 15 is 0 Å². The van der Waals surface area contributed by atoms with E-state index in [1.54, 1.807) is 13.3 Å². The van der Waals surface area contributed by atoms with Crippen LogP contribution in [0.25, 0.3) is 0 Å². The zero-order valence-corrected chi connectivity index (χ0v) is 14.2. The van der Waals surface area contributed by atoms with Crippen molar-refractivity contribution in [2.45, 2.75) is 25.5 Å². The minimum absolute atomic E-state index is 0.0410. The first-order valence-corrected chi connectivity index (χ1v) is 8.25. The number of anilines is 1. The molecule has 2 heterocycles. The summed E-state index contributed by atoms with van der Waals surface area (Å²) >= 11 is 5.96. The zero-order valence-electron chi connectivity index (χ0n) is 13.5. The summed E-state index contributed by atoms with van der Waals surface area (Å²) in [6, 6.07) is 7.71. The summed E-state index contributed by atoms with van der Waals surface area (Å²) < 4.78 is 11.1. The maximum Gasteiger partial charge on any atom is 0.224 e. The van der Waals surface area contributed by atoms with Crippen molar-refractivity contribution >= 4 is 17.4 Å². The van der Waals surface area contributed by atoms with Gasteiger partial charge in [0.25, 0.3) is 0 Å². The first-order chi connectivity index (χ1) is 11.7. The molecule has 2 aromatic rings. The molecule has 0 amide bonds. The first-order valence-electron chi connectivity index (χ1n) is 7.87. The quantitative estimate of drug-likeness (QED) is 0.809. The number of aliphatic hydroxyl groups is 1. The largest absolute Gasteiger partial charge is 0.497 e. The van der Waals surface area contributed by atoms with Gasteiger partial charge in [-0.25, -0.2) is 4.98 Å². The molecule has 3 rings (SSSR count). The van der Waals surface area contributed by atoms with Crippen LogP contribution in [0.2, 0.25) is 5.28 Å². The predicted molar refractivity (Wildman–Crippen MR) is 91.8 cm³/mol. The highest BCUT2D eigenvalue weighted by Crippen LogP contribution is 2.32. The molecule has 0 saturated carbocycles. The molecule has 1 saturated heterocycles.